The van der Waals surface area contributed by atoms with Gasteiger partial charge in [0.1, 0.15) is 11.5 Å². The molecule has 0 aliphatic carbocycles. The van der Waals surface area contributed by atoms with Gasteiger partial charge in [0, 0.05) is 27.8 Å². The molecule has 4 nitrogen and oxygen atoms in total. The molecule has 8 aromatic rings. The van der Waals surface area contributed by atoms with Crippen molar-refractivity contribution in [3.05, 3.63) is 210 Å². The Morgan fingerprint density at radius 1 is 0.320 bits per heavy atom. The largest absolute Gasteiger partial charge is 0.457 e. The highest BCUT2D eigenvalue weighted by atomic mass is 16.5. The number of fused-ring (bicyclic) bond motifs is 2. The van der Waals surface area contributed by atoms with E-state index in [-0.39, 0.29) is 0 Å². The van der Waals surface area contributed by atoms with Crippen LogP contribution in [0.1, 0.15) is 22.3 Å². The summed E-state index contributed by atoms with van der Waals surface area (Å²) in [5.74, 6) is 3.58. The lowest BCUT2D eigenvalue weighted by Gasteiger charge is -2.41. The van der Waals surface area contributed by atoms with Gasteiger partial charge in [-0.1, -0.05) is 170 Å². The van der Waals surface area contributed by atoms with Gasteiger partial charge in [0.15, 0.2) is 17.5 Å². The van der Waals surface area contributed by atoms with Crippen molar-refractivity contribution >= 4 is 0 Å². The highest BCUT2D eigenvalue weighted by Crippen LogP contribution is 2.55. The first kappa shape index (κ1) is 29.5. The smallest absolute Gasteiger partial charge is 0.164 e. The Morgan fingerprint density at radius 2 is 0.760 bits per heavy atom. The number of para-hydroxylation sites is 1. The maximum absolute atomic E-state index is 6.75. The molecular weight excluding hydrogens is 611 g/mol. The highest BCUT2D eigenvalue weighted by molar-refractivity contribution is 5.77. The van der Waals surface area contributed by atoms with Gasteiger partial charge < -0.3 is 4.74 Å². The normalized spacial score (nSPS) is 12.7. The Kier molecular flexibility index (Phi) is 7.33. The molecule has 0 N–H and O–H groups in total. The first-order valence-corrected chi connectivity index (χ1v) is 16.8. The topological polar surface area (TPSA) is 47.9 Å². The lowest BCUT2D eigenvalue weighted by Crippen LogP contribution is -2.34. The minimum absolute atomic E-state index is 0.556. The van der Waals surface area contributed by atoms with E-state index in [1.165, 1.54) is 11.1 Å². The Balaban J connectivity index is 1.19. The molecule has 0 spiro atoms. The molecule has 1 aliphatic rings. The Hall–Kier alpha value is -6.65. The highest BCUT2D eigenvalue weighted by Gasteiger charge is 2.45. The van der Waals surface area contributed by atoms with Crippen molar-refractivity contribution in [3.63, 3.8) is 0 Å². The minimum atomic E-state index is -0.556. The zero-order valence-corrected chi connectivity index (χ0v) is 27.1. The average Bonchev–Trinajstić information content (AvgIpc) is 3.21. The van der Waals surface area contributed by atoms with Crippen molar-refractivity contribution in [2.45, 2.75) is 5.41 Å². The summed E-state index contributed by atoms with van der Waals surface area (Å²) < 4.78 is 6.75. The van der Waals surface area contributed by atoms with Crippen LogP contribution in [-0.2, 0) is 5.41 Å². The quantitative estimate of drug-likeness (QED) is 0.181. The van der Waals surface area contributed by atoms with E-state index in [0.717, 1.165) is 50.4 Å². The number of hydrogen-bond acceptors (Lipinski definition) is 4. The first-order chi connectivity index (χ1) is 24.8. The van der Waals surface area contributed by atoms with Crippen LogP contribution in [0.5, 0.6) is 11.5 Å². The Labute approximate surface area is 291 Å². The molecule has 1 aliphatic heterocycles. The molecule has 0 unspecified atom stereocenters. The van der Waals surface area contributed by atoms with E-state index in [2.05, 4.69) is 121 Å². The second-order valence-electron chi connectivity index (χ2n) is 12.4. The molecule has 2 heterocycles. The molecular formula is C46H31N3O. The van der Waals surface area contributed by atoms with Gasteiger partial charge in [-0.3, -0.25) is 0 Å². The molecule has 50 heavy (non-hydrogen) atoms. The van der Waals surface area contributed by atoms with Crippen LogP contribution in [0.4, 0.5) is 0 Å². The van der Waals surface area contributed by atoms with E-state index < -0.39 is 5.41 Å². The van der Waals surface area contributed by atoms with E-state index in [4.69, 9.17) is 19.7 Å². The minimum Gasteiger partial charge on any atom is -0.457 e. The zero-order chi connectivity index (χ0) is 33.3. The summed E-state index contributed by atoms with van der Waals surface area (Å²) in [6.07, 6.45) is 0. The lowest BCUT2D eigenvalue weighted by atomic mass is 9.63. The molecule has 0 saturated heterocycles. The first-order valence-electron chi connectivity index (χ1n) is 16.8. The molecule has 0 amide bonds. The molecule has 0 fully saturated rings. The van der Waals surface area contributed by atoms with Crippen molar-refractivity contribution in [1.82, 2.24) is 15.0 Å². The third-order valence-corrected chi connectivity index (χ3v) is 9.46. The third-order valence-electron chi connectivity index (χ3n) is 9.46. The standard InChI is InChI=1S/C46H31N3O/c1-5-16-32(17-6-1)43-47-44(33-18-7-2-8-19-33)49-45(48-43)36-21-15-20-34(30-36)35-28-29-40-42(31-35)50-41-27-14-13-26-39(41)46(40,37-22-9-3-10-23-37)38-24-11-4-12-25-38/h1-31H. The second-order valence-corrected chi connectivity index (χ2v) is 12.4. The molecule has 236 valence electrons. The Bertz CT molecular complexity index is 2350. The number of benzene rings is 7. The fraction of sp³-hybridized carbons (Fsp3) is 0.0217. The van der Waals surface area contributed by atoms with Gasteiger partial charge in [-0.2, -0.15) is 0 Å². The summed E-state index contributed by atoms with van der Waals surface area (Å²) in [6.45, 7) is 0. The van der Waals surface area contributed by atoms with Gasteiger partial charge in [-0.25, -0.2) is 15.0 Å². The summed E-state index contributed by atoms with van der Waals surface area (Å²) in [5, 5.41) is 0. The van der Waals surface area contributed by atoms with Gasteiger partial charge in [0.05, 0.1) is 5.41 Å². The number of hydrogen-bond donors (Lipinski definition) is 0. The molecule has 7 aromatic carbocycles. The van der Waals surface area contributed by atoms with Crippen molar-refractivity contribution in [2.24, 2.45) is 0 Å². The van der Waals surface area contributed by atoms with Gasteiger partial charge >= 0.3 is 0 Å². The summed E-state index contributed by atoms with van der Waals surface area (Å²) in [5.41, 5.74) is 8.93. The average molecular weight is 642 g/mol. The van der Waals surface area contributed by atoms with Gasteiger partial charge in [-0.15, -0.1) is 0 Å². The van der Waals surface area contributed by atoms with E-state index in [0.29, 0.717) is 17.5 Å². The molecule has 0 radical (unpaired) electrons. The molecule has 0 atom stereocenters. The second kappa shape index (κ2) is 12.4. The third kappa shape index (κ3) is 5.06. The van der Waals surface area contributed by atoms with E-state index >= 15 is 0 Å². The fourth-order valence-electron chi connectivity index (χ4n) is 7.17. The monoisotopic (exact) mass is 641 g/mol. The van der Waals surface area contributed by atoms with Crippen LogP contribution in [0, 0.1) is 0 Å². The van der Waals surface area contributed by atoms with Crippen LogP contribution in [0.3, 0.4) is 0 Å². The van der Waals surface area contributed by atoms with Crippen LogP contribution < -0.4 is 4.74 Å². The Morgan fingerprint density at radius 3 is 1.36 bits per heavy atom. The number of ether oxygens (including phenoxy) is 1. The summed E-state index contributed by atoms with van der Waals surface area (Å²) in [4.78, 5) is 14.8. The van der Waals surface area contributed by atoms with Crippen LogP contribution in [0.2, 0.25) is 0 Å². The number of nitrogens with zero attached hydrogens (tertiary/aromatic N) is 3. The van der Waals surface area contributed by atoms with Crippen LogP contribution in [-0.4, -0.2) is 15.0 Å². The van der Waals surface area contributed by atoms with E-state index in [1.54, 1.807) is 0 Å². The van der Waals surface area contributed by atoms with E-state index in [1.807, 2.05) is 66.7 Å². The molecule has 0 saturated carbocycles. The van der Waals surface area contributed by atoms with Crippen molar-refractivity contribution in [1.29, 1.82) is 0 Å². The van der Waals surface area contributed by atoms with Gasteiger partial charge in [-0.05, 0) is 40.5 Å². The van der Waals surface area contributed by atoms with Crippen LogP contribution in [0.15, 0.2) is 188 Å². The predicted molar refractivity (Wildman–Crippen MR) is 200 cm³/mol. The summed E-state index contributed by atoms with van der Waals surface area (Å²) >= 11 is 0. The molecule has 0 bridgehead atoms. The van der Waals surface area contributed by atoms with Crippen LogP contribution >= 0.6 is 0 Å². The maximum atomic E-state index is 6.75. The lowest BCUT2D eigenvalue weighted by molar-refractivity contribution is 0.435. The van der Waals surface area contributed by atoms with E-state index in [9.17, 15) is 0 Å². The van der Waals surface area contributed by atoms with Crippen molar-refractivity contribution in [3.8, 4) is 56.8 Å². The predicted octanol–water partition coefficient (Wildman–Crippen LogP) is 11.0. The summed E-state index contributed by atoms with van der Waals surface area (Å²) in [7, 11) is 0. The SMILES string of the molecule is c1ccc(-c2nc(-c3ccccc3)nc(-c3cccc(-c4ccc5c(c4)Oc4ccccc4C5(c4ccccc4)c4ccccc4)c3)n2)cc1. The van der Waals surface area contributed by atoms with Crippen molar-refractivity contribution < 1.29 is 4.74 Å². The zero-order valence-electron chi connectivity index (χ0n) is 27.1. The number of rotatable bonds is 6. The van der Waals surface area contributed by atoms with Gasteiger partial charge in [0.25, 0.3) is 0 Å². The van der Waals surface area contributed by atoms with Crippen LogP contribution in [0.25, 0.3) is 45.3 Å². The summed E-state index contributed by atoms with van der Waals surface area (Å²) in [6, 6.07) is 65.0. The molecule has 4 heteroatoms. The molecule has 9 rings (SSSR count). The van der Waals surface area contributed by atoms with Gasteiger partial charge in [0.2, 0.25) is 0 Å². The fourth-order valence-corrected chi connectivity index (χ4v) is 7.17. The van der Waals surface area contributed by atoms with Crippen molar-refractivity contribution in [2.75, 3.05) is 0 Å². The maximum Gasteiger partial charge on any atom is 0.164 e. The number of aromatic nitrogens is 3. The molecule has 1 aromatic heterocycles.